The number of hydrogen-bond acceptors (Lipinski definition) is 5. The van der Waals surface area contributed by atoms with Gasteiger partial charge < -0.3 is 10.5 Å². The van der Waals surface area contributed by atoms with E-state index < -0.39 is 4.92 Å². The van der Waals surface area contributed by atoms with E-state index in [0.717, 1.165) is 0 Å². The molecule has 1 heterocycles. The summed E-state index contributed by atoms with van der Waals surface area (Å²) in [6.45, 7) is 1.77. The molecular weight excluding hydrogens is 270 g/mol. The van der Waals surface area contributed by atoms with Crippen LogP contribution in [0.4, 0.5) is 11.4 Å². The average Bonchev–Trinajstić information content (AvgIpc) is 2.34. The smallest absolute Gasteiger partial charge is 0.273 e. The van der Waals surface area contributed by atoms with Gasteiger partial charge in [-0.25, -0.2) is 4.98 Å². The van der Waals surface area contributed by atoms with Crippen LogP contribution in [0.15, 0.2) is 30.5 Å². The summed E-state index contributed by atoms with van der Waals surface area (Å²) >= 11 is 5.93. The first-order chi connectivity index (χ1) is 8.97. The van der Waals surface area contributed by atoms with Crippen LogP contribution in [0, 0.1) is 17.0 Å². The van der Waals surface area contributed by atoms with E-state index in [9.17, 15) is 10.1 Å². The lowest BCUT2D eigenvalue weighted by Crippen LogP contribution is -1.95. The molecule has 19 heavy (non-hydrogen) atoms. The first-order valence-corrected chi connectivity index (χ1v) is 5.69. The van der Waals surface area contributed by atoms with E-state index >= 15 is 0 Å². The van der Waals surface area contributed by atoms with Gasteiger partial charge in [-0.1, -0.05) is 11.6 Å². The highest BCUT2D eigenvalue weighted by Crippen LogP contribution is 2.33. The molecule has 0 saturated carbocycles. The van der Waals surface area contributed by atoms with Crippen LogP contribution in [-0.2, 0) is 0 Å². The van der Waals surface area contributed by atoms with Crippen LogP contribution in [0.2, 0.25) is 5.02 Å². The molecule has 1 aromatic carbocycles. The van der Waals surface area contributed by atoms with E-state index in [0.29, 0.717) is 17.1 Å². The van der Waals surface area contributed by atoms with Crippen LogP contribution >= 0.6 is 11.6 Å². The maximum absolute atomic E-state index is 10.7. The van der Waals surface area contributed by atoms with E-state index in [1.165, 1.54) is 24.4 Å². The molecule has 0 aliphatic heterocycles. The molecule has 0 radical (unpaired) electrons. The molecule has 1 aromatic heterocycles. The summed E-state index contributed by atoms with van der Waals surface area (Å²) < 4.78 is 5.48. The first kappa shape index (κ1) is 13.1. The van der Waals surface area contributed by atoms with Gasteiger partial charge in [0.15, 0.2) is 5.75 Å². The number of non-ortho nitro benzene ring substituents is 1. The number of hydrogen-bond donors (Lipinski definition) is 1. The largest absolute Gasteiger partial charge is 0.437 e. The molecule has 0 fully saturated rings. The quantitative estimate of drug-likeness (QED) is 0.687. The molecule has 0 saturated heterocycles. The lowest BCUT2D eigenvalue weighted by Gasteiger charge is -2.09. The zero-order chi connectivity index (χ0) is 14.0. The predicted octanol–water partition coefficient (Wildman–Crippen LogP) is 3.33. The standard InChI is InChI=1S/C12H10ClN3O3/c1-7-4-8(14)6-15-12(7)19-11-5-9(16(17)18)2-3-10(11)13/h2-6H,14H2,1H3. The molecule has 0 aliphatic carbocycles. The number of nitrogens with two attached hydrogens (primary N) is 1. The minimum atomic E-state index is -0.521. The second-order valence-electron chi connectivity index (χ2n) is 3.86. The van der Waals surface area contributed by atoms with Crippen molar-refractivity contribution in [2.24, 2.45) is 0 Å². The second kappa shape index (κ2) is 5.11. The highest BCUT2D eigenvalue weighted by atomic mass is 35.5. The average molecular weight is 280 g/mol. The van der Waals surface area contributed by atoms with Crippen molar-refractivity contribution in [3.8, 4) is 11.6 Å². The van der Waals surface area contributed by atoms with Crippen LogP contribution in [-0.4, -0.2) is 9.91 Å². The number of nitrogens with zero attached hydrogens (tertiary/aromatic N) is 2. The number of nitro benzene ring substituents is 1. The third-order valence-electron chi connectivity index (χ3n) is 2.38. The third kappa shape index (κ3) is 2.92. The number of nitrogen functional groups attached to an aromatic ring is 1. The maximum atomic E-state index is 10.7. The molecule has 0 amide bonds. The van der Waals surface area contributed by atoms with E-state index in [4.69, 9.17) is 22.1 Å². The predicted molar refractivity (Wildman–Crippen MR) is 71.6 cm³/mol. The van der Waals surface area contributed by atoms with Crippen molar-refractivity contribution in [3.63, 3.8) is 0 Å². The summed E-state index contributed by atoms with van der Waals surface area (Å²) in [7, 11) is 0. The summed E-state index contributed by atoms with van der Waals surface area (Å²) in [5, 5.41) is 11.0. The number of aryl methyl sites for hydroxylation is 1. The van der Waals surface area contributed by atoms with Crippen molar-refractivity contribution in [2.45, 2.75) is 6.92 Å². The fourth-order valence-electron chi connectivity index (χ4n) is 1.48. The topological polar surface area (TPSA) is 91.3 Å². The highest BCUT2D eigenvalue weighted by molar-refractivity contribution is 6.32. The van der Waals surface area contributed by atoms with Gasteiger partial charge in [0.25, 0.3) is 5.69 Å². The Morgan fingerprint density at radius 1 is 1.42 bits per heavy atom. The number of nitro groups is 1. The van der Waals surface area contributed by atoms with Crippen LogP contribution in [0.3, 0.4) is 0 Å². The summed E-state index contributed by atoms with van der Waals surface area (Å²) in [6, 6.07) is 5.65. The number of pyridine rings is 1. The van der Waals surface area contributed by atoms with Crippen molar-refractivity contribution in [2.75, 3.05) is 5.73 Å². The van der Waals surface area contributed by atoms with Crippen LogP contribution in [0.1, 0.15) is 5.56 Å². The molecule has 0 atom stereocenters. The Kier molecular flexibility index (Phi) is 3.52. The van der Waals surface area contributed by atoms with Crippen LogP contribution < -0.4 is 10.5 Å². The number of halogens is 1. The Labute approximate surface area is 113 Å². The van der Waals surface area contributed by atoms with Crippen LogP contribution in [0.25, 0.3) is 0 Å². The van der Waals surface area contributed by atoms with Crippen molar-refractivity contribution >= 4 is 23.0 Å². The molecule has 7 heteroatoms. The normalized spacial score (nSPS) is 10.2. The van der Waals surface area contributed by atoms with E-state index in [1.807, 2.05) is 0 Å². The molecule has 0 spiro atoms. The zero-order valence-electron chi connectivity index (χ0n) is 9.96. The van der Waals surface area contributed by atoms with Gasteiger partial charge in [-0.2, -0.15) is 0 Å². The minimum absolute atomic E-state index is 0.104. The molecule has 2 aromatic rings. The number of benzene rings is 1. The summed E-state index contributed by atoms with van der Waals surface area (Å²) in [5.74, 6) is 0.479. The van der Waals surface area contributed by atoms with Gasteiger partial charge in [0, 0.05) is 11.6 Å². The molecule has 98 valence electrons. The number of rotatable bonds is 3. The van der Waals surface area contributed by atoms with Gasteiger partial charge in [-0.05, 0) is 19.1 Å². The Morgan fingerprint density at radius 3 is 2.79 bits per heavy atom. The fraction of sp³-hybridized carbons (Fsp3) is 0.0833. The van der Waals surface area contributed by atoms with E-state index in [2.05, 4.69) is 4.98 Å². The van der Waals surface area contributed by atoms with Crippen molar-refractivity contribution in [3.05, 3.63) is 51.2 Å². The molecular formula is C12H10ClN3O3. The fourth-order valence-corrected chi connectivity index (χ4v) is 1.63. The molecule has 2 N–H and O–H groups in total. The van der Waals surface area contributed by atoms with Gasteiger partial charge in [0.1, 0.15) is 0 Å². The number of anilines is 1. The van der Waals surface area contributed by atoms with Crippen LogP contribution in [0.5, 0.6) is 11.6 Å². The zero-order valence-corrected chi connectivity index (χ0v) is 10.7. The van der Waals surface area contributed by atoms with Crippen molar-refractivity contribution in [1.82, 2.24) is 4.98 Å². The lowest BCUT2D eigenvalue weighted by molar-refractivity contribution is -0.384. The second-order valence-corrected chi connectivity index (χ2v) is 4.27. The molecule has 0 bridgehead atoms. The Morgan fingerprint density at radius 2 is 2.16 bits per heavy atom. The summed E-state index contributed by atoms with van der Waals surface area (Å²) in [5.41, 5.74) is 6.70. The minimum Gasteiger partial charge on any atom is -0.437 e. The summed E-state index contributed by atoms with van der Waals surface area (Å²) in [4.78, 5) is 14.2. The van der Waals surface area contributed by atoms with Gasteiger partial charge in [0.2, 0.25) is 5.88 Å². The van der Waals surface area contributed by atoms with Gasteiger partial charge >= 0.3 is 0 Å². The van der Waals surface area contributed by atoms with E-state index in [1.54, 1.807) is 13.0 Å². The number of ether oxygens (including phenoxy) is 1. The van der Waals surface area contributed by atoms with E-state index in [-0.39, 0.29) is 16.5 Å². The van der Waals surface area contributed by atoms with Gasteiger partial charge in [0.05, 0.1) is 27.9 Å². The Hall–Kier alpha value is -2.34. The third-order valence-corrected chi connectivity index (χ3v) is 2.70. The molecule has 0 unspecified atom stereocenters. The molecule has 6 nitrogen and oxygen atoms in total. The van der Waals surface area contributed by atoms with Gasteiger partial charge in [-0.3, -0.25) is 10.1 Å². The Bertz CT molecular complexity index is 646. The molecule has 0 aliphatic rings. The Balaban J connectivity index is 2.37. The summed E-state index contributed by atoms with van der Waals surface area (Å²) in [6.07, 6.45) is 1.44. The SMILES string of the molecule is Cc1cc(N)cnc1Oc1cc([N+](=O)[O-])ccc1Cl. The lowest BCUT2D eigenvalue weighted by atomic mass is 10.2. The first-order valence-electron chi connectivity index (χ1n) is 5.31. The monoisotopic (exact) mass is 279 g/mol. The molecule has 2 rings (SSSR count). The number of aromatic nitrogens is 1. The van der Waals surface area contributed by atoms with Gasteiger partial charge in [-0.15, -0.1) is 0 Å². The van der Waals surface area contributed by atoms with Crippen molar-refractivity contribution < 1.29 is 9.66 Å². The van der Waals surface area contributed by atoms with Crippen molar-refractivity contribution in [1.29, 1.82) is 0 Å². The highest BCUT2D eigenvalue weighted by Gasteiger charge is 2.13. The maximum Gasteiger partial charge on any atom is 0.273 e.